The third-order valence-electron chi connectivity index (χ3n) is 3.40. The number of likely N-dealkylation sites (tertiary alicyclic amines) is 1. The molecular weight excluding hydrogens is 152 g/mol. The monoisotopic (exact) mass is 170 g/mol. The van der Waals surface area contributed by atoms with Crippen LogP contribution in [0.15, 0.2) is 0 Å². The molecule has 1 saturated carbocycles. The maximum absolute atomic E-state index is 9.09. The van der Waals surface area contributed by atoms with Gasteiger partial charge in [0.2, 0.25) is 0 Å². The van der Waals surface area contributed by atoms with Crippen molar-refractivity contribution in [2.45, 2.75) is 31.3 Å². The van der Waals surface area contributed by atoms with Crippen molar-refractivity contribution in [3.05, 3.63) is 0 Å². The van der Waals surface area contributed by atoms with E-state index in [1.54, 1.807) is 0 Å². The van der Waals surface area contributed by atoms with E-state index in [9.17, 15) is 0 Å². The number of rotatable bonds is 3. The number of aliphatic hydroxyl groups is 1. The van der Waals surface area contributed by atoms with Gasteiger partial charge in [0.25, 0.3) is 0 Å². The molecule has 1 aliphatic heterocycles. The summed E-state index contributed by atoms with van der Waals surface area (Å²) >= 11 is 0. The molecule has 3 atom stereocenters. The number of nitrogens with two attached hydrogens (primary N) is 1. The normalized spacial score (nSPS) is 37.5. The molecule has 2 aliphatic rings. The lowest BCUT2D eigenvalue weighted by Crippen LogP contribution is -2.47. The highest BCUT2D eigenvalue weighted by molar-refractivity contribution is 4.95. The molecule has 0 aromatic carbocycles. The predicted molar refractivity (Wildman–Crippen MR) is 47.8 cm³/mol. The molecule has 1 heterocycles. The Bertz CT molecular complexity index is 159. The molecule has 3 nitrogen and oxygen atoms in total. The molecule has 1 saturated heterocycles. The van der Waals surface area contributed by atoms with Crippen molar-refractivity contribution >= 4 is 0 Å². The fraction of sp³-hybridized carbons (Fsp3) is 1.00. The maximum atomic E-state index is 9.09. The van der Waals surface area contributed by atoms with Crippen molar-refractivity contribution in [2.75, 3.05) is 19.7 Å². The van der Waals surface area contributed by atoms with E-state index in [-0.39, 0.29) is 12.6 Å². The van der Waals surface area contributed by atoms with Gasteiger partial charge < -0.3 is 10.8 Å². The van der Waals surface area contributed by atoms with Gasteiger partial charge in [-0.25, -0.2) is 0 Å². The second-order valence-electron chi connectivity index (χ2n) is 4.10. The highest BCUT2D eigenvalue weighted by Gasteiger charge is 2.40. The lowest BCUT2D eigenvalue weighted by atomic mass is 10.1. The van der Waals surface area contributed by atoms with Crippen LogP contribution in [-0.4, -0.2) is 41.8 Å². The minimum atomic E-state index is 0.222. The Labute approximate surface area is 73.5 Å². The van der Waals surface area contributed by atoms with E-state index in [1.165, 1.54) is 25.8 Å². The molecule has 2 bridgehead atoms. The van der Waals surface area contributed by atoms with E-state index in [2.05, 4.69) is 4.90 Å². The second kappa shape index (κ2) is 3.32. The summed E-state index contributed by atoms with van der Waals surface area (Å²) in [6, 6.07) is 0.955. The number of piperidine rings is 1. The number of hydrogen-bond acceptors (Lipinski definition) is 3. The zero-order valence-corrected chi connectivity index (χ0v) is 7.45. The second-order valence-corrected chi connectivity index (χ2v) is 4.10. The summed E-state index contributed by atoms with van der Waals surface area (Å²) in [5.74, 6) is 0.899. The Kier molecular flexibility index (Phi) is 2.35. The molecule has 3 unspecified atom stereocenters. The van der Waals surface area contributed by atoms with Gasteiger partial charge in [-0.15, -0.1) is 0 Å². The fourth-order valence-electron chi connectivity index (χ4n) is 2.72. The first-order chi connectivity index (χ1) is 5.85. The Balaban J connectivity index is 1.96. The molecule has 0 spiro atoms. The molecule has 3 heteroatoms. The highest BCUT2D eigenvalue weighted by Crippen LogP contribution is 2.38. The van der Waals surface area contributed by atoms with Crippen LogP contribution in [0.2, 0.25) is 0 Å². The summed E-state index contributed by atoms with van der Waals surface area (Å²) in [5, 5.41) is 9.09. The molecule has 0 aromatic rings. The maximum Gasteiger partial charge on any atom is 0.0599 e. The van der Waals surface area contributed by atoms with Crippen molar-refractivity contribution < 1.29 is 5.11 Å². The zero-order valence-electron chi connectivity index (χ0n) is 7.45. The number of nitrogens with zero attached hydrogens (tertiary/aromatic N) is 1. The van der Waals surface area contributed by atoms with Crippen LogP contribution in [0, 0.1) is 5.92 Å². The van der Waals surface area contributed by atoms with Gasteiger partial charge in [-0.2, -0.15) is 0 Å². The van der Waals surface area contributed by atoms with Gasteiger partial charge in [0.15, 0.2) is 0 Å². The quantitative estimate of drug-likeness (QED) is 0.616. The standard InChI is InChI=1S/C9H18N2O/c10-4-9(6-12)11-5-7-1-2-8(11)3-7/h7-9,12H,1-6,10H2. The first-order valence-electron chi connectivity index (χ1n) is 4.91. The van der Waals surface area contributed by atoms with Crippen LogP contribution < -0.4 is 5.73 Å². The summed E-state index contributed by atoms with van der Waals surface area (Å²) < 4.78 is 0. The van der Waals surface area contributed by atoms with Gasteiger partial charge in [-0.1, -0.05) is 0 Å². The summed E-state index contributed by atoms with van der Waals surface area (Å²) in [6.45, 7) is 1.99. The summed E-state index contributed by atoms with van der Waals surface area (Å²) in [7, 11) is 0. The third-order valence-corrected chi connectivity index (χ3v) is 3.40. The highest BCUT2D eigenvalue weighted by atomic mass is 16.3. The van der Waals surface area contributed by atoms with E-state index in [0.29, 0.717) is 6.54 Å². The lowest BCUT2D eigenvalue weighted by Gasteiger charge is -2.32. The third kappa shape index (κ3) is 1.26. The fourth-order valence-corrected chi connectivity index (χ4v) is 2.72. The molecule has 70 valence electrons. The summed E-state index contributed by atoms with van der Waals surface area (Å²) in [4.78, 5) is 2.41. The molecule has 2 rings (SSSR count). The van der Waals surface area contributed by atoms with Crippen LogP contribution in [0.25, 0.3) is 0 Å². The van der Waals surface area contributed by atoms with E-state index in [1.807, 2.05) is 0 Å². The van der Waals surface area contributed by atoms with Gasteiger partial charge in [0, 0.05) is 25.2 Å². The first-order valence-corrected chi connectivity index (χ1v) is 4.91. The van der Waals surface area contributed by atoms with Crippen molar-refractivity contribution in [3.63, 3.8) is 0 Å². The van der Waals surface area contributed by atoms with Crippen molar-refractivity contribution in [1.29, 1.82) is 0 Å². The van der Waals surface area contributed by atoms with Crippen LogP contribution in [0.1, 0.15) is 19.3 Å². The largest absolute Gasteiger partial charge is 0.395 e. The Hall–Kier alpha value is -0.120. The van der Waals surface area contributed by atoms with Crippen LogP contribution >= 0.6 is 0 Å². The molecule has 0 radical (unpaired) electrons. The molecule has 2 fully saturated rings. The number of fused-ring (bicyclic) bond motifs is 2. The molecule has 1 aliphatic carbocycles. The van der Waals surface area contributed by atoms with E-state index in [4.69, 9.17) is 10.8 Å². The SMILES string of the molecule is NCC(CO)N1CC2CCC1C2. The molecule has 0 amide bonds. The predicted octanol–water partition coefficient (Wildman–Crippen LogP) is -0.210. The summed E-state index contributed by atoms with van der Waals surface area (Å²) in [6.07, 6.45) is 4.06. The van der Waals surface area contributed by atoms with Gasteiger partial charge in [0.05, 0.1) is 6.61 Å². The van der Waals surface area contributed by atoms with Crippen LogP contribution in [0.4, 0.5) is 0 Å². The van der Waals surface area contributed by atoms with Gasteiger partial charge >= 0.3 is 0 Å². The Morgan fingerprint density at radius 3 is 2.75 bits per heavy atom. The Morgan fingerprint density at radius 1 is 1.50 bits per heavy atom. The van der Waals surface area contributed by atoms with E-state index >= 15 is 0 Å². The van der Waals surface area contributed by atoms with Gasteiger partial charge in [-0.3, -0.25) is 4.90 Å². The topological polar surface area (TPSA) is 49.5 Å². The number of aliphatic hydroxyl groups excluding tert-OH is 1. The smallest absolute Gasteiger partial charge is 0.0599 e. The zero-order chi connectivity index (χ0) is 8.55. The van der Waals surface area contributed by atoms with Gasteiger partial charge in [-0.05, 0) is 25.2 Å². The van der Waals surface area contributed by atoms with E-state index in [0.717, 1.165) is 12.0 Å². The molecule has 3 N–H and O–H groups in total. The van der Waals surface area contributed by atoms with Crippen molar-refractivity contribution in [2.24, 2.45) is 11.7 Å². The Morgan fingerprint density at radius 2 is 2.33 bits per heavy atom. The lowest BCUT2D eigenvalue weighted by molar-refractivity contribution is 0.0988. The molecule has 0 aromatic heterocycles. The van der Waals surface area contributed by atoms with Gasteiger partial charge in [0.1, 0.15) is 0 Å². The minimum absolute atomic E-state index is 0.222. The average molecular weight is 170 g/mol. The molecule has 12 heavy (non-hydrogen) atoms. The van der Waals surface area contributed by atoms with Crippen LogP contribution in [-0.2, 0) is 0 Å². The van der Waals surface area contributed by atoms with Crippen molar-refractivity contribution in [3.8, 4) is 0 Å². The summed E-state index contributed by atoms with van der Waals surface area (Å²) in [5.41, 5.74) is 5.59. The van der Waals surface area contributed by atoms with Crippen LogP contribution in [0.5, 0.6) is 0 Å². The molecular formula is C9H18N2O. The van der Waals surface area contributed by atoms with Crippen LogP contribution in [0.3, 0.4) is 0 Å². The van der Waals surface area contributed by atoms with E-state index < -0.39 is 0 Å². The number of hydrogen-bond donors (Lipinski definition) is 2. The van der Waals surface area contributed by atoms with Crippen molar-refractivity contribution in [1.82, 2.24) is 4.90 Å². The average Bonchev–Trinajstić information content (AvgIpc) is 2.67. The first kappa shape index (κ1) is 8.48. The minimum Gasteiger partial charge on any atom is -0.395 e.